The van der Waals surface area contributed by atoms with Crippen molar-refractivity contribution in [3.63, 3.8) is 0 Å². The van der Waals surface area contributed by atoms with E-state index < -0.39 is 11.9 Å². The van der Waals surface area contributed by atoms with Crippen LogP contribution in [0.3, 0.4) is 0 Å². The molecule has 1 aliphatic rings. The summed E-state index contributed by atoms with van der Waals surface area (Å²) in [5.41, 5.74) is 1.06. The Morgan fingerprint density at radius 2 is 1.89 bits per heavy atom. The second kappa shape index (κ2) is 9.02. The van der Waals surface area contributed by atoms with Gasteiger partial charge in [0.1, 0.15) is 0 Å². The second-order valence-corrected chi connectivity index (χ2v) is 6.44. The van der Waals surface area contributed by atoms with Crippen LogP contribution in [0.4, 0.5) is 0 Å². The number of esters is 1. The highest BCUT2D eigenvalue weighted by Gasteiger charge is 2.33. The van der Waals surface area contributed by atoms with E-state index in [1.165, 1.54) is 12.3 Å². The number of rotatable bonds is 9. The van der Waals surface area contributed by atoms with Gasteiger partial charge in [-0.1, -0.05) is 30.3 Å². The summed E-state index contributed by atoms with van der Waals surface area (Å²) in [7, 11) is 0. The Balaban J connectivity index is 1.37. The Morgan fingerprint density at radius 1 is 1.11 bits per heavy atom. The summed E-state index contributed by atoms with van der Waals surface area (Å²) in [6, 6.07) is 12.9. The number of carbonyl (C=O) groups is 3. The van der Waals surface area contributed by atoms with Crippen LogP contribution in [0.2, 0.25) is 0 Å². The first-order valence-electron chi connectivity index (χ1n) is 8.95. The number of ether oxygens (including phenoxy) is 1. The van der Waals surface area contributed by atoms with Crippen LogP contribution in [-0.4, -0.2) is 30.9 Å². The minimum atomic E-state index is -0.549. The maximum atomic E-state index is 12.1. The topological polar surface area (TPSA) is 97.6 Å². The second-order valence-electron chi connectivity index (χ2n) is 6.44. The van der Waals surface area contributed by atoms with Gasteiger partial charge in [0.2, 0.25) is 0 Å². The van der Waals surface area contributed by atoms with E-state index in [4.69, 9.17) is 9.15 Å². The number of carbonyl (C=O) groups excluding carboxylic acids is 3. The number of hydrogen-bond acceptors (Lipinski definition) is 5. The molecule has 27 heavy (non-hydrogen) atoms. The van der Waals surface area contributed by atoms with Gasteiger partial charge >= 0.3 is 5.97 Å². The third kappa shape index (κ3) is 5.70. The molecule has 7 heteroatoms. The summed E-state index contributed by atoms with van der Waals surface area (Å²) in [5.74, 6) is -0.671. The van der Waals surface area contributed by atoms with E-state index in [9.17, 15) is 14.4 Å². The van der Waals surface area contributed by atoms with Gasteiger partial charge in [-0.15, -0.1) is 0 Å². The van der Waals surface area contributed by atoms with Gasteiger partial charge in [0.05, 0.1) is 18.7 Å². The van der Waals surface area contributed by atoms with E-state index in [-0.39, 0.29) is 37.3 Å². The summed E-state index contributed by atoms with van der Waals surface area (Å²) in [6.45, 7) is -0.226. The fraction of sp³-hybridized carbons (Fsp3) is 0.350. The molecule has 7 nitrogen and oxygen atoms in total. The van der Waals surface area contributed by atoms with Gasteiger partial charge in [0.15, 0.2) is 12.4 Å². The van der Waals surface area contributed by atoms with E-state index >= 15 is 0 Å². The van der Waals surface area contributed by atoms with Crippen molar-refractivity contribution in [3.8, 4) is 0 Å². The third-order valence-corrected chi connectivity index (χ3v) is 4.29. The van der Waals surface area contributed by atoms with Crippen molar-refractivity contribution in [2.45, 2.75) is 25.3 Å². The molecule has 1 heterocycles. The molecule has 2 aromatic rings. The predicted molar refractivity (Wildman–Crippen MR) is 96.7 cm³/mol. The SMILES string of the molecule is O=C(COC(=O)CCNC(=O)c1ccco1)NC(c1ccccc1)C1CC1. The van der Waals surface area contributed by atoms with Crippen LogP contribution in [0, 0.1) is 5.92 Å². The molecule has 1 aromatic heterocycles. The van der Waals surface area contributed by atoms with Gasteiger partial charge in [-0.3, -0.25) is 14.4 Å². The van der Waals surface area contributed by atoms with Crippen LogP contribution in [0.25, 0.3) is 0 Å². The molecule has 1 unspecified atom stereocenters. The average molecular weight is 370 g/mol. The van der Waals surface area contributed by atoms with Crippen molar-refractivity contribution in [2.75, 3.05) is 13.2 Å². The molecule has 1 saturated carbocycles. The van der Waals surface area contributed by atoms with Crippen LogP contribution in [0.1, 0.15) is 41.4 Å². The molecule has 0 bridgehead atoms. The van der Waals surface area contributed by atoms with Gasteiger partial charge in [0.25, 0.3) is 11.8 Å². The zero-order chi connectivity index (χ0) is 19.1. The normalized spacial score (nSPS) is 14.2. The molecule has 1 fully saturated rings. The van der Waals surface area contributed by atoms with Crippen LogP contribution in [0.15, 0.2) is 53.1 Å². The predicted octanol–water partition coefficient (Wildman–Crippen LogP) is 2.21. The molecular formula is C20H22N2O5. The maximum absolute atomic E-state index is 12.1. The lowest BCUT2D eigenvalue weighted by Crippen LogP contribution is -2.34. The molecule has 2 N–H and O–H groups in total. The molecular weight excluding hydrogens is 348 g/mol. The standard InChI is InChI=1S/C20H22N2O5/c23-17(22-19(15-8-9-15)14-5-2-1-3-6-14)13-27-18(24)10-11-21-20(25)16-7-4-12-26-16/h1-7,12,15,19H,8-11,13H2,(H,21,25)(H,22,23). The summed E-state index contributed by atoms with van der Waals surface area (Å²) in [4.78, 5) is 35.5. The van der Waals surface area contributed by atoms with Crippen molar-refractivity contribution in [1.29, 1.82) is 0 Å². The monoisotopic (exact) mass is 370 g/mol. The molecule has 142 valence electrons. The minimum Gasteiger partial charge on any atom is -0.459 e. The number of nitrogens with one attached hydrogen (secondary N) is 2. The lowest BCUT2D eigenvalue weighted by atomic mass is 10.0. The molecule has 0 spiro atoms. The summed E-state index contributed by atoms with van der Waals surface area (Å²) >= 11 is 0. The van der Waals surface area contributed by atoms with Gasteiger partial charge < -0.3 is 19.8 Å². The Morgan fingerprint density at radius 3 is 2.56 bits per heavy atom. The molecule has 1 aliphatic carbocycles. The fourth-order valence-corrected chi connectivity index (χ4v) is 2.77. The molecule has 0 aliphatic heterocycles. The summed E-state index contributed by atoms with van der Waals surface area (Å²) in [5, 5.41) is 5.49. The Bertz CT molecular complexity index is 769. The minimum absolute atomic E-state index is 0.0233. The fourth-order valence-electron chi connectivity index (χ4n) is 2.77. The van der Waals surface area contributed by atoms with Crippen molar-refractivity contribution in [2.24, 2.45) is 5.92 Å². The van der Waals surface area contributed by atoms with Crippen molar-refractivity contribution in [3.05, 3.63) is 60.1 Å². The van der Waals surface area contributed by atoms with E-state index in [0.717, 1.165) is 18.4 Å². The highest BCUT2D eigenvalue weighted by Crippen LogP contribution is 2.40. The van der Waals surface area contributed by atoms with Gasteiger partial charge in [-0.05, 0) is 36.5 Å². The zero-order valence-corrected chi connectivity index (χ0v) is 14.9. The molecule has 3 rings (SSSR count). The third-order valence-electron chi connectivity index (χ3n) is 4.29. The quantitative estimate of drug-likeness (QED) is 0.660. The number of amides is 2. The lowest BCUT2D eigenvalue weighted by Gasteiger charge is -2.18. The maximum Gasteiger partial charge on any atom is 0.308 e. The Hall–Kier alpha value is -3.09. The smallest absolute Gasteiger partial charge is 0.308 e. The van der Waals surface area contributed by atoms with E-state index in [1.54, 1.807) is 6.07 Å². The highest BCUT2D eigenvalue weighted by atomic mass is 16.5. The van der Waals surface area contributed by atoms with E-state index in [0.29, 0.717) is 5.92 Å². The van der Waals surface area contributed by atoms with Crippen LogP contribution in [0.5, 0.6) is 0 Å². The molecule has 2 amide bonds. The first-order valence-corrected chi connectivity index (χ1v) is 8.95. The summed E-state index contributed by atoms with van der Waals surface area (Å²) < 4.78 is 9.94. The van der Waals surface area contributed by atoms with E-state index in [1.807, 2.05) is 30.3 Å². The lowest BCUT2D eigenvalue weighted by molar-refractivity contribution is -0.148. The van der Waals surface area contributed by atoms with Crippen molar-refractivity contribution >= 4 is 17.8 Å². The molecule has 1 atom stereocenters. The first-order chi connectivity index (χ1) is 13.1. The first kappa shape index (κ1) is 18.7. The van der Waals surface area contributed by atoms with E-state index in [2.05, 4.69) is 10.6 Å². The Labute approximate surface area is 157 Å². The van der Waals surface area contributed by atoms with Crippen LogP contribution in [-0.2, 0) is 14.3 Å². The molecule has 0 saturated heterocycles. The number of hydrogen-bond donors (Lipinski definition) is 2. The molecule has 1 aromatic carbocycles. The van der Waals surface area contributed by atoms with Crippen molar-refractivity contribution < 1.29 is 23.5 Å². The number of furan rings is 1. The van der Waals surface area contributed by atoms with Gasteiger partial charge in [-0.25, -0.2) is 0 Å². The van der Waals surface area contributed by atoms with Gasteiger partial charge in [-0.2, -0.15) is 0 Å². The summed E-state index contributed by atoms with van der Waals surface area (Å²) in [6.07, 6.45) is 3.53. The van der Waals surface area contributed by atoms with Crippen molar-refractivity contribution in [1.82, 2.24) is 10.6 Å². The molecule has 0 radical (unpaired) electrons. The number of benzene rings is 1. The average Bonchev–Trinajstić information content (AvgIpc) is 3.37. The van der Waals surface area contributed by atoms with Gasteiger partial charge in [0, 0.05) is 6.54 Å². The highest BCUT2D eigenvalue weighted by molar-refractivity contribution is 5.91. The Kier molecular flexibility index (Phi) is 6.25. The zero-order valence-electron chi connectivity index (χ0n) is 14.9. The van der Waals surface area contributed by atoms with Crippen LogP contribution < -0.4 is 10.6 Å². The van der Waals surface area contributed by atoms with Crippen LogP contribution >= 0.6 is 0 Å². The largest absolute Gasteiger partial charge is 0.459 e.